The summed E-state index contributed by atoms with van der Waals surface area (Å²) >= 11 is 0. The molecule has 1 fully saturated rings. The molecule has 7 nitrogen and oxygen atoms in total. The van der Waals surface area contributed by atoms with Crippen LogP contribution in [-0.4, -0.2) is 47.2 Å². The number of rotatable bonds is 7. The molecule has 1 saturated carbocycles. The first kappa shape index (κ1) is 20.8. The van der Waals surface area contributed by atoms with E-state index in [0.29, 0.717) is 16.9 Å². The van der Waals surface area contributed by atoms with Gasteiger partial charge in [0, 0.05) is 24.5 Å². The van der Waals surface area contributed by atoms with Crippen LogP contribution in [0.15, 0.2) is 42.7 Å². The normalized spacial score (nSPS) is 18.7. The minimum atomic E-state index is -0.180. The van der Waals surface area contributed by atoms with Crippen LogP contribution < -0.4 is 15.4 Å². The Labute approximate surface area is 170 Å². The van der Waals surface area contributed by atoms with E-state index < -0.39 is 0 Å². The lowest BCUT2D eigenvalue weighted by Crippen LogP contribution is -2.43. The highest BCUT2D eigenvalue weighted by molar-refractivity contribution is 5.97. The summed E-state index contributed by atoms with van der Waals surface area (Å²) in [5.74, 6) is 0.186. The molecule has 0 aliphatic heterocycles. The summed E-state index contributed by atoms with van der Waals surface area (Å²) in [6.45, 7) is 1.96. The number of benzene rings is 1. The molecule has 1 aromatic carbocycles. The SMILES string of the molecule is Cc1ccc(C(=O)NC2CCC(NC(=O)c3cccnc3)CC2)c(OCCO)c1. The summed E-state index contributed by atoms with van der Waals surface area (Å²) in [4.78, 5) is 28.9. The van der Waals surface area contributed by atoms with E-state index in [-0.39, 0.29) is 37.1 Å². The third-order valence-electron chi connectivity index (χ3n) is 5.05. The first-order valence-electron chi connectivity index (χ1n) is 9.93. The van der Waals surface area contributed by atoms with Crippen LogP contribution in [0.3, 0.4) is 0 Å². The van der Waals surface area contributed by atoms with Gasteiger partial charge in [0.25, 0.3) is 11.8 Å². The van der Waals surface area contributed by atoms with Crippen molar-refractivity contribution in [3.05, 3.63) is 59.4 Å². The lowest BCUT2D eigenvalue weighted by Gasteiger charge is -2.29. The third-order valence-corrected chi connectivity index (χ3v) is 5.05. The van der Waals surface area contributed by atoms with Crippen molar-refractivity contribution in [1.29, 1.82) is 0 Å². The fourth-order valence-corrected chi connectivity index (χ4v) is 3.50. The first-order valence-corrected chi connectivity index (χ1v) is 9.93. The number of nitrogens with zero attached hydrogens (tertiary/aromatic N) is 1. The van der Waals surface area contributed by atoms with Gasteiger partial charge >= 0.3 is 0 Å². The second kappa shape index (κ2) is 10.0. The molecule has 1 aromatic heterocycles. The maximum Gasteiger partial charge on any atom is 0.255 e. The second-order valence-corrected chi connectivity index (χ2v) is 7.31. The summed E-state index contributed by atoms with van der Waals surface area (Å²) in [6, 6.07) is 9.05. The minimum Gasteiger partial charge on any atom is -0.490 e. The van der Waals surface area contributed by atoms with E-state index in [1.807, 2.05) is 13.0 Å². The Morgan fingerprint density at radius 1 is 1.10 bits per heavy atom. The summed E-state index contributed by atoms with van der Waals surface area (Å²) in [5.41, 5.74) is 2.01. The van der Waals surface area contributed by atoms with E-state index in [9.17, 15) is 9.59 Å². The molecule has 29 heavy (non-hydrogen) atoms. The van der Waals surface area contributed by atoms with Gasteiger partial charge in [0.1, 0.15) is 12.4 Å². The molecule has 0 radical (unpaired) electrons. The largest absolute Gasteiger partial charge is 0.490 e. The number of carbonyl (C=O) groups is 2. The van der Waals surface area contributed by atoms with Crippen molar-refractivity contribution in [1.82, 2.24) is 15.6 Å². The van der Waals surface area contributed by atoms with Crippen LogP contribution in [-0.2, 0) is 0 Å². The van der Waals surface area contributed by atoms with Crippen LogP contribution in [0.1, 0.15) is 52.0 Å². The maximum atomic E-state index is 12.7. The molecular formula is C22H27N3O4. The highest BCUT2D eigenvalue weighted by Gasteiger charge is 2.25. The van der Waals surface area contributed by atoms with Gasteiger partial charge in [-0.1, -0.05) is 6.07 Å². The van der Waals surface area contributed by atoms with Crippen molar-refractivity contribution in [2.45, 2.75) is 44.7 Å². The van der Waals surface area contributed by atoms with Gasteiger partial charge in [-0.25, -0.2) is 0 Å². The molecule has 1 aliphatic rings. The number of ether oxygens (including phenoxy) is 1. The fraction of sp³-hybridized carbons (Fsp3) is 0.409. The van der Waals surface area contributed by atoms with E-state index in [1.165, 1.54) is 0 Å². The summed E-state index contributed by atoms with van der Waals surface area (Å²) in [5, 5.41) is 15.1. The van der Waals surface area contributed by atoms with Gasteiger partial charge in [-0.05, 0) is 62.4 Å². The molecule has 0 saturated heterocycles. The first-order chi connectivity index (χ1) is 14.1. The number of aromatic nitrogens is 1. The molecule has 7 heteroatoms. The minimum absolute atomic E-state index is 0.0565. The molecule has 2 amide bonds. The Hall–Kier alpha value is -2.93. The van der Waals surface area contributed by atoms with Gasteiger partial charge < -0.3 is 20.5 Å². The van der Waals surface area contributed by atoms with Gasteiger partial charge in [-0.3, -0.25) is 14.6 Å². The molecule has 0 unspecified atom stereocenters. The van der Waals surface area contributed by atoms with E-state index in [4.69, 9.17) is 9.84 Å². The monoisotopic (exact) mass is 397 g/mol. The average molecular weight is 397 g/mol. The zero-order chi connectivity index (χ0) is 20.6. The Morgan fingerprint density at radius 2 is 1.79 bits per heavy atom. The van der Waals surface area contributed by atoms with Crippen molar-refractivity contribution in [3.8, 4) is 5.75 Å². The highest BCUT2D eigenvalue weighted by atomic mass is 16.5. The van der Waals surface area contributed by atoms with E-state index >= 15 is 0 Å². The van der Waals surface area contributed by atoms with Gasteiger partial charge in [-0.15, -0.1) is 0 Å². The lowest BCUT2D eigenvalue weighted by atomic mass is 9.90. The summed E-state index contributed by atoms with van der Waals surface area (Å²) in [6.07, 6.45) is 6.39. The predicted molar refractivity (Wildman–Crippen MR) is 109 cm³/mol. The number of aliphatic hydroxyl groups is 1. The molecule has 2 aromatic rings. The Bertz CT molecular complexity index is 833. The highest BCUT2D eigenvalue weighted by Crippen LogP contribution is 2.23. The third kappa shape index (κ3) is 5.77. The molecule has 154 valence electrons. The molecule has 1 aliphatic carbocycles. The maximum absolute atomic E-state index is 12.7. The molecular weight excluding hydrogens is 370 g/mol. The Morgan fingerprint density at radius 3 is 2.41 bits per heavy atom. The van der Waals surface area contributed by atoms with E-state index in [2.05, 4.69) is 15.6 Å². The smallest absolute Gasteiger partial charge is 0.255 e. The van der Waals surface area contributed by atoms with Crippen LogP contribution in [0.4, 0.5) is 0 Å². The number of pyridine rings is 1. The lowest BCUT2D eigenvalue weighted by molar-refractivity contribution is 0.0888. The van der Waals surface area contributed by atoms with Crippen molar-refractivity contribution in [2.24, 2.45) is 0 Å². The van der Waals surface area contributed by atoms with Crippen molar-refractivity contribution < 1.29 is 19.4 Å². The average Bonchev–Trinajstić information content (AvgIpc) is 2.74. The van der Waals surface area contributed by atoms with Crippen LogP contribution in [0, 0.1) is 6.92 Å². The Kier molecular flexibility index (Phi) is 7.19. The zero-order valence-electron chi connectivity index (χ0n) is 16.6. The topological polar surface area (TPSA) is 101 Å². The van der Waals surface area contributed by atoms with Gasteiger partial charge in [0.05, 0.1) is 17.7 Å². The van der Waals surface area contributed by atoms with Gasteiger partial charge in [-0.2, -0.15) is 0 Å². The zero-order valence-corrected chi connectivity index (χ0v) is 16.6. The van der Waals surface area contributed by atoms with Crippen LogP contribution >= 0.6 is 0 Å². The Balaban J connectivity index is 1.52. The van der Waals surface area contributed by atoms with Gasteiger partial charge in [0.2, 0.25) is 0 Å². The fourth-order valence-electron chi connectivity index (χ4n) is 3.50. The number of amides is 2. The molecule has 1 heterocycles. The van der Waals surface area contributed by atoms with E-state index in [1.54, 1.807) is 36.7 Å². The second-order valence-electron chi connectivity index (χ2n) is 7.31. The van der Waals surface area contributed by atoms with Crippen molar-refractivity contribution in [3.63, 3.8) is 0 Å². The molecule has 3 N–H and O–H groups in total. The molecule has 0 bridgehead atoms. The van der Waals surface area contributed by atoms with Crippen molar-refractivity contribution in [2.75, 3.05) is 13.2 Å². The van der Waals surface area contributed by atoms with Crippen LogP contribution in [0.25, 0.3) is 0 Å². The van der Waals surface area contributed by atoms with Crippen molar-refractivity contribution >= 4 is 11.8 Å². The number of carbonyl (C=O) groups excluding carboxylic acids is 2. The summed E-state index contributed by atoms with van der Waals surface area (Å²) < 4.78 is 5.52. The van der Waals surface area contributed by atoms with Crippen LogP contribution in [0.5, 0.6) is 5.75 Å². The standard InChI is InChI=1S/C22H27N3O4/c1-15-4-9-19(20(13-15)29-12-11-26)22(28)25-18-7-5-17(6-8-18)24-21(27)16-3-2-10-23-14-16/h2-4,9-10,13-14,17-18,26H,5-8,11-12H2,1H3,(H,24,27)(H,25,28). The number of hydrogen-bond acceptors (Lipinski definition) is 5. The molecule has 3 rings (SSSR count). The predicted octanol–water partition coefficient (Wildman–Crippen LogP) is 2.23. The quantitative estimate of drug-likeness (QED) is 0.665. The number of aliphatic hydroxyl groups excluding tert-OH is 1. The molecule has 0 spiro atoms. The molecule has 0 atom stereocenters. The van der Waals surface area contributed by atoms with E-state index in [0.717, 1.165) is 31.2 Å². The van der Waals surface area contributed by atoms with Gasteiger partial charge in [0.15, 0.2) is 0 Å². The number of hydrogen-bond donors (Lipinski definition) is 3. The number of nitrogens with one attached hydrogen (secondary N) is 2. The number of aryl methyl sites for hydroxylation is 1. The van der Waals surface area contributed by atoms with Crippen LogP contribution in [0.2, 0.25) is 0 Å². The summed E-state index contributed by atoms with van der Waals surface area (Å²) in [7, 11) is 0.